The molecule has 1 aromatic carbocycles. The van der Waals surface area contributed by atoms with E-state index in [1.165, 1.54) is 12.1 Å². The van der Waals surface area contributed by atoms with Gasteiger partial charge in [0.15, 0.2) is 0 Å². The van der Waals surface area contributed by atoms with Crippen LogP contribution in [0, 0.1) is 5.82 Å². The highest BCUT2D eigenvalue weighted by Crippen LogP contribution is 2.17. The van der Waals surface area contributed by atoms with Crippen molar-refractivity contribution in [2.24, 2.45) is 0 Å². The lowest BCUT2D eigenvalue weighted by Crippen LogP contribution is -1.99. The Balaban J connectivity index is 2.90. The molecule has 1 rings (SSSR count). The van der Waals surface area contributed by atoms with Gasteiger partial charge in [-0.3, -0.25) is 0 Å². The Morgan fingerprint density at radius 1 is 1.50 bits per heavy atom. The summed E-state index contributed by atoms with van der Waals surface area (Å²) in [6, 6.07) is 4.49. The van der Waals surface area contributed by atoms with Crippen LogP contribution in [0.1, 0.15) is 12.5 Å². The molecule has 0 spiro atoms. The molecule has 1 atom stereocenters. The van der Waals surface area contributed by atoms with E-state index in [0.29, 0.717) is 17.0 Å². The van der Waals surface area contributed by atoms with Crippen LogP contribution in [0.25, 0.3) is 0 Å². The molecule has 0 aliphatic heterocycles. The van der Waals surface area contributed by atoms with Crippen LogP contribution in [0.15, 0.2) is 18.2 Å². The predicted octanol–water partition coefficient (Wildman–Crippen LogP) is 3.65. The van der Waals surface area contributed by atoms with Gasteiger partial charge < -0.3 is 0 Å². The molecule has 0 N–H and O–H groups in total. The van der Waals surface area contributed by atoms with Gasteiger partial charge in [-0.25, -0.2) is 4.39 Å². The minimum Gasteiger partial charge on any atom is -0.207 e. The van der Waals surface area contributed by atoms with Gasteiger partial charge >= 0.3 is 0 Å². The number of benzene rings is 1. The molecule has 0 heterocycles. The fourth-order valence-corrected chi connectivity index (χ4v) is 1.36. The fraction of sp³-hybridized carbons (Fsp3) is 0.333. The molecule has 3 heteroatoms. The topological polar surface area (TPSA) is 0 Å². The van der Waals surface area contributed by atoms with Gasteiger partial charge in [-0.2, -0.15) is 0 Å². The van der Waals surface area contributed by atoms with Crippen molar-refractivity contribution in [2.75, 3.05) is 0 Å². The zero-order chi connectivity index (χ0) is 9.14. The van der Waals surface area contributed by atoms with Crippen LogP contribution in [0.3, 0.4) is 0 Å². The highest BCUT2D eigenvalue weighted by atomic mass is 35.5. The van der Waals surface area contributed by atoms with Crippen LogP contribution >= 0.6 is 23.2 Å². The third kappa shape index (κ3) is 2.65. The SMILES string of the molecule is CC(Cl)Cc1cc(Cl)ccc1F. The summed E-state index contributed by atoms with van der Waals surface area (Å²) in [7, 11) is 0. The highest BCUT2D eigenvalue weighted by molar-refractivity contribution is 6.30. The second-order valence-electron chi connectivity index (χ2n) is 2.72. The molecule has 12 heavy (non-hydrogen) atoms. The van der Waals surface area contributed by atoms with Crippen LogP contribution in [0.5, 0.6) is 0 Å². The largest absolute Gasteiger partial charge is 0.207 e. The van der Waals surface area contributed by atoms with E-state index >= 15 is 0 Å². The first kappa shape index (κ1) is 9.82. The Morgan fingerprint density at radius 2 is 2.17 bits per heavy atom. The standard InChI is InChI=1S/C9H9Cl2F/c1-6(10)4-7-5-8(11)2-3-9(7)12/h2-3,5-6H,4H2,1H3. The Labute approximate surface area is 81.3 Å². The second kappa shape index (κ2) is 4.11. The van der Waals surface area contributed by atoms with Crippen molar-refractivity contribution in [1.82, 2.24) is 0 Å². The summed E-state index contributed by atoms with van der Waals surface area (Å²) in [5.74, 6) is -0.244. The Bertz CT molecular complexity index is 271. The van der Waals surface area contributed by atoms with Crippen LogP contribution in [0.4, 0.5) is 4.39 Å². The van der Waals surface area contributed by atoms with E-state index in [1.54, 1.807) is 6.07 Å². The van der Waals surface area contributed by atoms with E-state index in [2.05, 4.69) is 0 Å². The molecule has 0 saturated carbocycles. The van der Waals surface area contributed by atoms with Crippen molar-refractivity contribution in [3.05, 3.63) is 34.6 Å². The molecule has 66 valence electrons. The van der Waals surface area contributed by atoms with Gasteiger partial charge in [0.25, 0.3) is 0 Å². The summed E-state index contributed by atoms with van der Waals surface area (Å²) in [6.45, 7) is 1.82. The number of hydrogen-bond acceptors (Lipinski definition) is 0. The molecule has 0 aliphatic carbocycles. The van der Waals surface area contributed by atoms with Gasteiger partial charge in [0.1, 0.15) is 5.82 Å². The molecular weight excluding hydrogens is 198 g/mol. The van der Waals surface area contributed by atoms with Crippen molar-refractivity contribution >= 4 is 23.2 Å². The second-order valence-corrected chi connectivity index (χ2v) is 3.90. The monoisotopic (exact) mass is 206 g/mol. The molecule has 0 radical (unpaired) electrons. The number of rotatable bonds is 2. The van der Waals surface area contributed by atoms with Crippen molar-refractivity contribution in [2.45, 2.75) is 18.7 Å². The molecule has 0 aromatic heterocycles. The smallest absolute Gasteiger partial charge is 0.126 e. The van der Waals surface area contributed by atoms with Crippen molar-refractivity contribution < 1.29 is 4.39 Å². The molecule has 0 saturated heterocycles. The summed E-state index contributed by atoms with van der Waals surface area (Å²) < 4.78 is 13.0. The van der Waals surface area contributed by atoms with E-state index < -0.39 is 0 Å². The van der Waals surface area contributed by atoms with Gasteiger partial charge in [-0.05, 0) is 37.1 Å². The van der Waals surface area contributed by atoms with Crippen molar-refractivity contribution in [3.8, 4) is 0 Å². The molecule has 1 aromatic rings. The van der Waals surface area contributed by atoms with Crippen molar-refractivity contribution in [1.29, 1.82) is 0 Å². The average Bonchev–Trinajstić information content (AvgIpc) is 1.96. The highest BCUT2D eigenvalue weighted by Gasteiger charge is 2.05. The zero-order valence-corrected chi connectivity index (χ0v) is 8.16. The quantitative estimate of drug-likeness (QED) is 0.649. The molecule has 0 amide bonds. The van der Waals surface area contributed by atoms with E-state index in [9.17, 15) is 4.39 Å². The first-order chi connectivity index (χ1) is 5.59. The third-order valence-electron chi connectivity index (χ3n) is 1.51. The first-order valence-electron chi connectivity index (χ1n) is 3.67. The van der Waals surface area contributed by atoms with E-state index in [4.69, 9.17) is 23.2 Å². The Morgan fingerprint density at radius 3 is 2.75 bits per heavy atom. The maximum atomic E-state index is 13.0. The lowest BCUT2D eigenvalue weighted by Gasteiger charge is -2.04. The zero-order valence-electron chi connectivity index (χ0n) is 6.65. The van der Waals surface area contributed by atoms with Crippen LogP contribution < -0.4 is 0 Å². The van der Waals surface area contributed by atoms with E-state index in [-0.39, 0.29) is 11.2 Å². The van der Waals surface area contributed by atoms with E-state index in [0.717, 1.165) is 0 Å². The minimum absolute atomic E-state index is 0.0713. The van der Waals surface area contributed by atoms with Gasteiger partial charge in [-0.1, -0.05) is 11.6 Å². The Kier molecular flexibility index (Phi) is 3.36. The van der Waals surface area contributed by atoms with Gasteiger partial charge in [0.05, 0.1) is 0 Å². The van der Waals surface area contributed by atoms with Crippen LogP contribution in [-0.2, 0) is 6.42 Å². The van der Waals surface area contributed by atoms with E-state index in [1.807, 2.05) is 6.92 Å². The molecule has 0 bridgehead atoms. The summed E-state index contributed by atoms with van der Waals surface area (Å²) in [5, 5.41) is 0.474. The lowest BCUT2D eigenvalue weighted by molar-refractivity contribution is 0.608. The Hall–Kier alpha value is -0.270. The molecule has 0 aliphatic rings. The molecule has 0 fully saturated rings. The maximum absolute atomic E-state index is 13.0. The fourth-order valence-electron chi connectivity index (χ4n) is 1.00. The number of hydrogen-bond donors (Lipinski definition) is 0. The van der Waals surface area contributed by atoms with Crippen LogP contribution in [-0.4, -0.2) is 5.38 Å². The average molecular weight is 207 g/mol. The van der Waals surface area contributed by atoms with Gasteiger partial charge in [0, 0.05) is 10.4 Å². The van der Waals surface area contributed by atoms with Gasteiger partial charge in [0.2, 0.25) is 0 Å². The summed E-state index contributed by atoms with van der Waals surface area (Å²) in [5.41, 5.74) is 0.574. The molecule has 1 unspecified atom stereocenters. The summed E-state index contributed by atoms with van der Waals surface area (Å²) in [6.07, 6.45) is 0.508. The summed E-state index contributed by atoms with van der Waals surface area (Å²) >= 11 is 11.4. The first-order valence-corrected chi connectivity index (χ1v) is 4.49. The lowest BCUT2D eigenvalue weighted by atomic mass is 10.1. The third-order valence-corrected chi connectivity index (χ3v) is 1.90. The van der Waals surface area contributed by atoms with Crippen LogP contribution in [0.2, 0.25) is 5.02 Å². The molecule has 0 nitrogen and oxygen atoms in total. The molecular formula is C9H9Cl2F. The normalized spacial score (nSPS) is 13.0. The minimum atomic E-state index is -0.244. The van der Waals surface area contributed by atoms with Crippen molar-refractivity contribution in [3.63, 3.8) is 0 Å². The number of alkyl halides is 1. The predicted molar refractivity (Wildman–Crippen MR) is 50.4 cm³/mol. The summed E-state index contributed by atoms with van der Waals surface area (Å²) in [4.78, 5) is 0. The van der Waals surface area contributed by atoms with Gasteiger partial charge in [-0.15, -0.1) is 11.6 Å². The number of halogens is 3. The maximum Gasteiger partial charge on any atom is 0.126 e.